The van der Waals surface area contributed by atoms with Crippen molar-refractivity contribution in [1.29, 1.82) is 0 Å². The van der Waals surface area contributed by atoms with Gasteiger partial charge in [0.1, 0.15) is 17.4 Å². The summed E-state index contributed by atoms with van der Waals surface area (Å²) >= 11 is 11.9. The molecule has 7 nitrogen and oxygen atoms in total. The third kappa shape index (κ3) is 3.42. The minimum atomic E-state index is -3.89. The molecular formula is C18H14Cl2N4O3S. The maximum absolute atomic E-state index is 12.6. The van der Waals surface area contributed by atoms with Crippen LogP contribution in [0.25, 0.3) is 5.82 Å². The van der Waals surface area contributed by atoms with Crippen molar-refractivity contribution < 1.29 is 12.8 Å². The monoisotopic (exact) mass is 436 g/mol. The summed E-state index contributed by atoms with van der Waals surface area (Å²) < 4.78 is 33.0. The van der Waals surface area contributed by atoms with Crippen molar-refractivity contribution in [1.82, 2.24) is 0 Å². The molecule has 144 valence electrons. The van der Waals surface area contributed by atoms with E-state index in [0.717, 1.165) is 5.69 Å². The number of benzene rings is 2. The van der Waals surface area contributed by atoms with E-state index in [2.05, 4.69) is 9.71 Å². The second-order valence-electron chi connectivity index (χ2n) is 5.98. The summed E-state index contributed by atoms with van der Waals surface area (Å²) in [6.45, 7) is 0.301. The molecule has 0 unspecified atom stereocenters. The van der Waals surface area contributed by atoms with E-state index < -0.39 is 10.0 Å². The molecule has 0 aliphatic carbocycles. The molecule has 0 saturated carbocycles. The average Bonchev–Trinajstić information content (AvgIpc) is 3.14. The van der Waals surface area contributed by atoms with Crippen molar-refractivity contribution in [2.24, 2.45) is 10.7 Å². The minimum absolute atomic E-state index is 0.0849. The van der Waals surface area contributed by atoms with Crippen LogP contribution in [0, 0.1) is 0 Å². The fourth-order valence-electron chi connectivity index (χ4n) is 2.80. The minimum Gasteiger partial charge on any atom is -0.446 e. The van der Waals surface area contributed by atoms with Crippen molar-refractivity contribution >= 4 is 50.4 Å². The van der Waals surface area contributed by atoms with Crippen molar-refractivity contribution in [2.45, 2.75) is 4.90 Å². The van der Waals surface area contributed by atoms with Crippen LogP contribution < -0.4 is 26.1 Å². The molecule has 0 saturated heterocycles. The van der Waals surface area contributed by atoms with Crippen molar-refractivity contribution in [3.05, 3.63) is 75.6 Å². The van der Waals surface area contributed by atoms with Crippen LogP contribution in [0.1, 0.15) is 0 Å². The summed E-state index contributed by atoms with van der Waals surface area (Å²) in [5, 5.41) is 1.08. The normalized spacial score (nSPS) is 13.8. The number of hydrogen-bond donors (Lipinski definition) is 2. The highest BCUT2D eigenvalue weighted by molar-refractivity contribution is 7.92. The Balaban J connectivity index is 1.60. The Bertz CT molecular complexity index is 1270. The second kappa shape index (κ2) is 7.05. The fourth-order valence-corrected chi connectivity index (χ4v) is 4.62. The Hall–Kier alpha value is -2.68. The van der Waals surface area contributed by atoms with Crippen molar-refractivity contribution in [3.63, 3.8) is 0 Å². The lowest BCUT2D eigenvalue weighted by Crippen LogP contribution is -2.42. The molecule has 3 N–H and O–H groups in total. The van der Waals surface area contributed by atoms with E-state index in [1.165, 1.54) is 24.5 Å². The maximum atomic E-state index is 12.6. The van der Waals surface area contributed by atoms with Gasteiger partial charge in [0.15, 0.2) is 0 Å². The van der Waals surface area contributed by atoms with E-state index in [4.69, 9.17) is 33.4 Å². The zero-order valence-corrected chi connectivity index (χ0v) is 16.6. The van der Waals surface area contributed by atoms with Gasteiger partial charge in [0.2, 0.25) is 5.55 Å². The standard InChI is InChI=1S/C18H14Cl2N4O3S/c19-11-1-6-15(20)16(9-11)28(25,26)23-12-2-4-13(5-3-12)24-10-22-18-14(17(24)21)7-8-27-18/h1-9,23H,10,21H2. The Morgan fingerprint density at radius 3 is 2.61 bits per heavy atom. The Kier molecular flexibility index (Phi) is 4.70. The molecule has 4 rings (SSSR count). The number of anilines is 2. The van der Waals surface area contributed by atoms with Gasteiger partial charge in [-0.2, -0.15) is 0 Å². The van der Waals surface area contributed by atoms with Crippen LogP contribution in [-0.4, -0.2) is 15.1 Å². The number of nitrogens with zero attached hydrogens (tertiary/aromatic N) is 2. The van der Waals surface area contributed by atoms with Crippen LogP contribution >= 0.6 is 23.2 Å². The SMILES string of the molecule is NC1=c2ccoc2=NCN1c1ccc(NS(=O)(=O)c2cc(Cl)ccc2Cl)cc1. The quantitative estimate of drug-likeness (QED) is 0.653. The fraction of sp³-hybridized carbons (Fsp3) is 0.0556. The Morgan fingerprint density at radius 1 is 1.11 bits per heavy atom. The summed E-state index contributed by atoms with van der Waals surface area (Å²) in [5.74, 6) is 0.512. The zero-order valence-electron chi connectivity index (χ0n) is 14.3. The summed E-state index contributed by atoms with van der Waals surface area (Å²) in [6.07, 6.45) is 1.53. The Labute approximate surface area is 170 Å². The lowest BCUT2D eigenvalue weighted by atomic mass is 10.2. The molecule has 0 spiro atoms. The van der Waals surface area contributed by atoms with Gasteiger partial charge in [0.05, 0.1) is 16.5 Å². The highest BCUT2D eigenvalue weighted by Crippen LogP contribution is 2.28. The van der Waals surface area contributed by atoms with E-state index in [9.17, 15) is 8.42 Å². The van der Waals surface area contributed by atoms with E-state index in [1.807, 2.05) is 0 Å². The van der Waals surface area contributed by atoms with Crippen LogP contribution in [0.4, 0.5) is 11.4 Å². The number of nitrogens with one attached hydrogen (secondary N) is 1. The summed E-state index contributed by atoms with van der Waals surface area (Å²) in [5.41, 5.74) is 7.83. The number of sulfonamides is 1. The van der Waals surface area contributed by atoms with E-state index >= 15 is 0 Å². The first-order valence-electron chi connectivity index (χ1n) is 8.08. The molecule has 2 heterocycles. The van der Waals surface area contributed by atoms with Gasteiger partial charge in [-0.1, -0.05) is 23.2 Å². The van der Waals surface area contributed by atoms with Crippen LogP contribution in [0.3, 0.4) is 0 Å². The number of nitrogens with two attached hydrogens (primary N) is 1. The summed E-state index contributed by atoms with van der Waals surface area (Å²) in [7, 11) is -3.89. The maximum Gasteiger partial charge on any atom is 0.263 e. The van der Waals surface area contributed by atoms with Crippen LogP contribution in [-0.2, 0) is 10.0 Å². The molecule has 0 amide bonds. The molecule has 10 heteroatoms. The molecule has 1 aliphatic heterocycles. The van der Waals surface area contributed by atoms with E-state index in [0.29, 0.717) is 28.9 Å². The van der Waals surface area contributed by atoms with Gasteiger partial charge in [-0.3, -0.25) is 4.72 Å². The van der Waals surface area contributed by atoms with E-state index in [-0.39, 0.29) is 14.9 Å². The average molecular weight is 437 g/mol. The molecule has 1 aromatic heterocycles. The van der Waals surface area contributed by atoms with Crippen LogP contribution in [0.15, 0.2) is 69.1 Å². The van der Waals surface area contributed by atoms with E-state index in [1.54, 1.807) is 35.2 Å². The van der Waals surface area contributed by atoms with Gasteiger partial charge in [-0.15, -0.1) is 0 Å². The first-order valence-corrected chi connectivity index (χ1v) is 10.3. The van der Waals surface area contributed by atoms with Gasteiger partial charge < -0.3 is 15.1 Å². The van der Waals surface area contributed by atoms with Gasteiger partial charge in [-0.05, 0) is 48.5 Å². The van der Waals surface area contributed by atoms with Gasteiger partial charge in [0, 0.05) is 16.4 Å². The third-order valence-corrected chi connectivity index (χ3v) is 6.28. The molecule has 0 radical (unpaired) electrons. The predicted molar refractivity (Wildman–Crippen MR) is 108 cm³/mol. The molecular weight excluding hydrogens is 423 g/mol. The van der Waals surface area contributed by atoms with Crippen LogP contribution in [0.2, 0.25) is 10.0 Å². The molecule has 0 fully saturated rings. The van der Waals surface area contributed by atoms with Crippen LogP contribution in [0.5, 0.6) is 0 Å². The molecule has 0 bridgehead atoms. The number of rotatable bonds is 4. The largest absolute Gasteiger partial charge is 0.446 e. The molecule has 0 atom stereocenters. The van der Waals surface area contributed by atoms with Crippen molar-refractivity contribution in [2.75, 3.05) is 16.3 Å². The molecule has 28 heavy (non-hydrogen) atoms. The molecule has 2 aromatic carbocycles. The lowest BCUT2D eigenvalue weighted by molar-refractivity contribution is 0.500. The molecule has 3 aromatic rings. The lowest BCUT2D eigenvalue weighted by Gasteiger charge is -2.24. The first kappa shape index (κ1) is 18.7. The first-order chi connectivity index (χ1) is 13.3. The highest BCUT2D eigenvalue weighted by Gasteiger charge is 2.19. The van der Waals surface area contributed by atoms with Gasteiger partial charge >= 0.3 is 0 Å². The zero-order chi connectivity index (χ0) is 19.9. The van der Waals surface area contributed by atoms with Gasteiger partial charge in [-0.25, -0.2) is 13.4 Å². The Morgan fingerprint density at radius 2 is 1.86 bits per heavy atom. The number of halogens is 2. The topological polar surface area (TPSA) is 101 Å². The number of furan rings is 1. The van der Waals surface area contributed by atoms with Crippen molar-refractivity contribution in [3.8, 4) is 0 Å². The number of hydrogen-bond acceptors (Lipinski definition) is 6. The smallest absolute Gasteiger partial charge is 0.263 e. The highest BCUT2D eigenvalue weighted by atomic mass is 35.5. The molecule has 1 aliphatic rings. The second-order valence-corrected chi connectivity index (χ2v) is 8.47. The predicted octanol–water partition coefficient (Wildman–Crippen LogP) is 2.51. The summed E-state index contributed by atoms with van der Waals surface area (Å²) in [4.78, 5) is 6.02. The number of fused-ring (bicyclic) bond motifs is 1. The third-order valence-electron chi connectivity index (χ3n) is 4.18. The van der Waals surface area contributed by atoms with Gasteiger partial charge in [0.25, 0.3) is 10.0 Å². The summed E-state index contributed by atoms with van der Waals surface area (Å²) in [6, 6.07) is 12.7.